The van der Waals surface area contributed by atoms with Gasteiger partial charge in [-0.15, -0.1) is 0 Å². The molecule has 8 heteroatoms. The Morgan fingerprint density at radius 3 is 2.66 bits per heavy atom. The van der Waals surface area contributed by atoms with E-state index in [-0.39, 0.29) is 4.90 Å². The van der Waals surface area contributed by atoms with Gasteiger partial charge in [0.2, 0.25) is 10.0 Å². The first-order chi connectivity index (χ1) is 14.0. The molecule has 5 rings (SSSR count). The molecule has 6 nitrogen and oxygen atoms in total. The predicted octanol–water partition coefficient (Wildman–Crippen LogP) is 2.44. The van der Waals surface area contributed by atoms with Gasteiger partial charge in [-0.05, 0) is 74.9 Å². The third-order valence-electron chi connectivity index (χ3n) is 6.97. The van der Waals surface area contributed by atoms with Crippen molar-refractivity contribution in [2.24, 2.45) is 11.8 Å². The normalized spacial score (nSPS) is 32.7. The number of hydrogen-bond donors (Lipinski definition) is 1. The van der Waals surface area contributed by atoms with Crippen LogP contribution in [0.5, 0.6) is 0 Å². The number of ether oxygens (including phenoxy) is 1. The van der Waals surface area contributed by atoms with Crippen molar-refractivity contribution in [1.82, 2.24) is 14.5 Å². The minimum atomic E-state index is -3.50. The van der Waals surface area contributed by atoms with Crippen LogP contribution >= 0.6 is 11.6 Å². The molecule has 1 aromatic carbocycles. The molecule has 1 aromatic rings. The van der Waals surface area contributed by atoms with Crippen molar-refractivity contribution < 1.29 is 13.2 Å². The van der Waals surface area contributed by atoms with Crippen molar-refractivity contribution in [3.05, 3.63) is 29.3 Å². The molecule has 4 aliphatic heterocycles. The van der Waals surface area contributed by atoms with E-state index in [0.717, 1.165) is 32.7 Å². The summed E-state index contributed by atoms with van der Waals surface area (Å²) in [6.45, 7) is 5.80. The minimum Gasteiger partial charge on any atom is -0.383 e. The summed E-state index contributed by atoms with van der Waals surface area (Å²) >= 11 is 5.87. The van der Waals surface area contributed by atoms with Gasteiger partial charge in [0.15, 0.2) is 0 Å². The van der Waals surface area contributed by atoms with Crippen molar-refractivity contribution >= 4 is 21.6 Å². The number of nitrogens with zero attached hydrogens (tertiary/aromatic N) is 2. The summed E-state index contributed by atoms with van der Waals surface area (Å²) in [4.78, 5) is 5.39. The maximum Gasteiger partial charge on any atom is 0.240 e. The Balaban J connectivity index is 1.32. The van der Waals surface area contributed by atoms with Crippen LogP contribution in [0.4, 0.5) is 0 Å². The van der Waals surface area contributed by atoms with Crippen LogP contribution in [0.15, 0.2) is 29.2 Å². The van der Waals surface area contributed by atoms with Crippen molar-refractivity contribution in [1.29, 1.82) is 0 Å². The summed E-state index contributed by atoms with van der Waals surface area (Å²) in [5, 5.41) is 0.538. The lowest BCUT2D eigenvalue weighted by atomic mass is 9.75. The van der Waals surface area contributed by atoms with Crippen LogP contribution in [0, 0.1) is 11.8 Å². The first kappa shape index (κ1) is 21.5. The van der Waals surface area contributed by atoms with E-state index in [1.165, 1.54) is 25.8 Å². The second kappa shape index (κ2) is 9.20. The first-order valence-electron chi connectivity index (χ1n) is 10.7. The van der Waals surface area contributed by atoms with Crippen LogP contribution in [0.25, 0.3) is 0 Å². The SMILES string of the molecule is COC[C@@H]1CCCN1C[C@@H]1CN2CC[C@H]1C[C@@H]2CNS(=O)(=O)c1ccc(Cl)cc1. The molecule has 4 heterocycles. The Hall–Kier alpha value is -0.700. The first-order valence-corrected chi connectivity index (χ1v) is 12.5. The molecule has 0 spiro atoms. The Morgan fingerprint density at radius 2 is 1.97 bits per heavy atom. The number of rotatable bonds is 8. The molecule has 0 aromatic heterocycles. The second-order valence-electron chi connectivity index (χ2n) is 8.75. The van der Waals surface area contributed by atoms with Crippen molar-refractivity contribution in [2.45, 2.75) is 42.7 Å². The molecular weight excluding hydrogens is 410 g/mol. The number of nitrogens with one attached hydrogen (secondary N) is 1. The number of benzene rings is 1. The molecule has 4 fully saturated rings. The molecule has 4 aliphatic rings. The number of fused-ring (bicyclic) bond motifs is 3. The molecule has 1 unspecified atom stereocenters. The monoisotopic (exact) mass is 441 g/mol. The largest absolute Gasteiger partial charge is 0.383 e. The molecule has 2 bridgehead atoms. The summed E-state index contributed by atoms with van der Waals surface area (Å²) in [6.07, 6.45) is 4.82. The highest BCUT2D eigenvalue weighted by Crippen LogP contribution is 2.37. The Labute approximate surface area is 179 Å². The quantitative estimate of drug-likeness (QED) is 0.671. The minimum absolute atomic E-state index is 0.272. The van der Waals surface area contributed by atoms with Gasteiger partial charge >= 0.3 is 0 Å². The lowest BCUT2D eigenvalue weighted by molar-refractivity contribution is -0.0156. The fourth-order valence-corrected chi connectivity index (χ4v) is 6.59. The fourth-order valence-electron chi connectivity index (χ4n) is 5.39. The lowest BCUT2D eigenvalue weighted by Gasteiger charge is -2.51. The molecule has 0 aliphatic carbocycles. The van der Waals surface area contributed by atoms with Gasteiger partial charge in [-0.2, -0.15) is 0 Å². The van der Waals surface area contributed by atoms with Gasteiger partial charge in [0.05, 0.1) is 11.5 Å². The summed E-state index contributed by atoms with van der Waals surface area (Å²) in [7, 11) is -1.70. The maximum atomic E-state index is 12.6. The average Bonchev–Trinajstić information content (AvgIpc) is 3.15. The predicted molar refractivity (Wildman–Crippen MR) is 115 cm³/mol. The number of piperidine rings is 3. The van der Waals surface area contributed by atoms with Crippen LogP contribution in [-0.4, -0.2) is 76.7 Å². The van der Waals surface area contributed by atoms with Crippen LogP contribution in [-0.2, 0) is 14.8 Å². The van der Waals surface area contributed by atoms with Crippen LogP contribution in [0.3, 0.4) is 0 Å². The van der Waals surface area contributed by atoms with E-state index >= 15 is 0 Å². The number of likely N-dealkylation sites (tertiary alicyclic amines) is 1. The fraction of sp³-hybridized carbons (Fsp3) is 0.714. The van der Waals surface area contributed by atoms with E-state index in [4.69, 9.17) is 16.3 Å². The van der Waals surface area contributed by atoms with Crippen LogP contribution in [0.1, 0.15) is 25.7 Å². The average molecular weight is 442 g/mol. The molecule has 0 amide bonds. The molecule has 29 heavy (non-hydrogen) atoms. The van der Waals surface area contributed by atoms with E-state index in [0.29, 0.717) is 35.5 Å². The van der Waals surface area contributed by atoms with Crippen molar-refractivity contribution in [3.8, 4) is 0 Å². The van der Waals surface area contributed by atoms with Gasteiger partial charge in [-0.1, -0.05) is 11.6 Å². The maximum absolute atomic E-state index is 12.6. The van der Waals surface area contributed by atoms with E-state index in [2.05, 4.69) is 14.5 Å². The Morgan fingerprint density at radius 1 is 1.17 bits per heavy atom. The highest BCUT2D eigenvalue weighted by Gasteiger charge is 2.41. The molecule has 1 N–H and O–H groups in total. The topological polar surface area (TPSA) is 61.9 Å². The van der Waals surface area contributed by atoms with Crippen LogP contribution < -0.4 is 4.72 Å². The summed E-state index contributed by atoms with van der Waals surface area (Å²) in [5.74, 6) is 1.37. The van der Waals surface area contributed by atoms with E-state index in [1.807, 2.05) is 0 Å². The Kier molecular flexibility index (Phi) is 6.83. The van der Waals surface area contributed by atoms with Crippen LogP contribution in [0.2, 0.25) is 5.02 Å². The van der Waals surface area contributed by atoms with Gasteiger partial charge in [-0.3, -0.25) is 9.80 Å². The van der Waals surface area contributed by atoms with E-state index < -0.39 is 10.0 Å². The number of halogens is 1. The molecule has 5 atom stereocenters. The van der Waals surface area contributed by atoms with Gasteiger partial charge in [0, 0.05) is 43.9 Å². The van der Waals surface area contributed by atoms with Gasteiger partial charge in [-0.25, -0.2) is 13.1 Å². The van der Waals surface area contributed by atoms with Gasteiger partial charge in [0.25, 0.3) is 0 Å². The third kappa shape index (κ3) is 4.97. The van der Waals surface area contributed by atoms with Gasteiger partial charge in [0.1, 0.15) is 0 Å². The Bertz CT molecular complexity index is 789. The lowest BCUT2D eigenvalue weighted by Crippen LogP contribution is -2.58. The zero-order valence-corrected chi connectivity index (χ0v) is 18.7. The highest BCUT2D eigenvalue weighted by atomic mass is 35.5. The van der Waals surface area contributed by atoms with Gasteiger partial charge < -0.3 is 4.74 Å². The number of sulfonamides is 1. The second-order valence-corrected chi connectivity index (χ2v) is 10.9. The zero-order chi connectivity index (χ0) is 20.4. The molecule has 162 valence electrons. The molecule has 0 radical (unpaired) electrons. The molecular formula is C21H32ClN3O3S. The highest BCUT2D eigenvalue weighted by molar-refractivity contribution is 7.89. The third-order valence-corrected chi connectivity index (χ3v) is 8.67. The summed E-state index contributed by atoms with van der Waals surface area (Å²) < 4.78 is 33.4. The summed E-state index contributed by atoms with van der Waals surface area (Å²) in [5.41, 5.74) is 0. The number of hydrogen-bond acceptors (Lipinski definition) is 5. The van der Waals surface area contributed by atoms with Crippen molar-refractivity contribution in [3.63, 3.8) is 0 Å². The smallest absolute Gasteiger partial charge is 0.240 e. The molecule has 0 saturated carbocycles. The molecule has 4 saturated heterocycles. The summed E-state index contributed by atoms with van der Waals surface area (Å²) in [6, 6.07) is 7.20. The van der Waals surface area contributed by atoms with E-state index in [1.54, 1.807) is 31.4 Å². The van der Waals surface area contributed by atoms with E-state index in [9.17, 15) is 8.42 Å². The standard InChI is InChI=1S/C21H32ClN3O3S/c1-28-15-19-3-2-9-24(19)13-17-14-25-10-8-16(17)11-20(25)12-23-29(26,27)21-6-4-18(22)5-7-21/h4-7,16-17,19-20,23H,2-3,8-15H2,1H3/t16-,17+,19-,20+/m0/s1. The zero-order valence-electron chi connectivity index (χ0n) is 17.1. The number of methoxy groups -OCH3 is 1. The van der Waals surface area contributed by atoms with Crippen molar-refractivity contribution in [2.75, 3.05) is 46.4 Å².